The van der Waals surface area contributed by atoms with Crippen LogP contribution in [-0.2, 0) is 6.54 Å². The molecule has 4 heterocycles. The van der Waals surface area contributed by atoms with Gasteiger partial charge < -0.3 is 20.4 Å². The molecule has 0 amide bonds. The molecule has 1 aliphatic carbocycles. The lowest BCUT2D eigenvalue weighted by atomic mass is 9.94. The molecule has 1 aliphatic heterocycles. The number of fused-ring (bicyclic) bond motifs is 1. The molecule has 1 saturated carbocycles. The van der Waals surface area contributed by atoms with Crippen LogP contribution in [0.3, 0.4) is 0 Å². The fraction of sp³-hybridized carbons (Fsp3) is 0.467. The maximum Gasteiger partial charge on any atom is 0.256 e. The Bertz CT molecular complexity index is 1480. The van der Waals surface area contributed by atoms with Crippen molar-refractivity contribution in [3.8, 4) is 0 Å². The Hall–Kier alpha value is -3.72. The maximum absolute atomic E-state index is 13.8. The highest BCUT2D eigenvalue weighted by molar-refractivity contribution is 5.77. The van der Waals surface area contributed by atoms with Gasteiger partial charge in [0.15, 0.2) is 6.39 Å². The first-order valence-corrected chi connectivity index (χ1v) is 14.3. The monoisotopic (exact) mass is 527 g/mol. The number of benzene rings is 1. The van der Waals surface area contributed by atoms with Crippen LogP contribution < -0.4 is 21.5 Å². The minimum Gasteiger partial charge on any atom is -0.446 e. The molecule has 3 aromatic heterocycles. The molecule has 2 fully saturated rings. The second kappa shape index (κ2) is 11.2. The van der Waals surface area contributed by atoms with Gasteiger partial charge in [-0.3, -0.25) is 9.36 Å². The van der Waals surface area contributed by atoms with E-state index in [1.807, 2.05) is 18.2 Å². The first-order chi connectivity index (χ1) is 19.1. The van der Waals surface area contributed by atoms with Crippen molar-refractivity contribution in [1.29, 1.82) is 0 Å². The summed E-state index contributed by atoms with van der Waals surface area (Å²) < 4.78 is 7.52. The van der Waals surface area contributed by atoms with Gasteiger partial charge >= 0.3 is 0 Å². The van der Waals surface area contributed by atoms with Gasteiger partial charge in [0.2, 0.25) is 5.95 Å². The van der Waals surface area contributed by atoms with Gasteiger partial charge in [0.05, 0.1) is 12.2 Å². The average Bonchev–Trinajstić information content (AvgIpc) is 3.71. The summed E-state index contributed by atoms with van der Waals surface area (Å²) in [5.41, 5.74) is 4.32. The lowest BCUT2D eigenvalue weighted by Gasteiger charge is -2.24. The summed E-state index contributed by atoms with van der Waals surface area (Å²) in [5.74, 6) is 1.80. The topological polar surface area (TPSA) is 110 Å². The SMILES string of the molecule is CCC(CC)c1cc2cnc(Nc3ccc(NC4CCCNC4)cc3)nc2n(Cc2ocnc2C2CC2)c1=O. The number of rotatable bonds is 10. The van der Waals surface area contributed by atoms with Crippen LogP contribution in [0.15, 0.2) is 52.1 Å². The highest BCUT2D eigenvalue weighted by atomic mass is 16.3. The first-order valence-electron chi connectivity index (χ1n) is 14.3. The molecule has 3 N–H and O–H groups in total. The summed E-state index contributed by atoms with van der Waals surface area (Å²) in [5, 5.41) is 11.2. The number of piperidine rings is 1. The van der Waals surface area contributed by atoms with Crippen molar-refractivity contribution in [1.82, 2.24) is 24.8 Å². The summed E-state index contributed by atoms with van der Waals surface area (Å²) in [4.78, 5) is 27.7. The Morgan fingerprint density at radius 1 is 1.10 bits per heavy atom. The van der Waals surface area contributed by atoms with Crippen LogP contribution in [0, 0.1) is 0 Å². The highest BCUT2D eigenvalue weighted by Crippen LogP contribution is 2.41. The number of aromatic nitrogens is 4. The molecule has 1 aromatic carbocycles. The Morgan fingerprint density at radius 3 is 2.62 bits per heavy atom. The number of oxazole rings is 1. The van der Waals surface area contributed by atoms with Gasteiger partial charge in [0, 0.05) is 47.0 Å². The van der Waals surface area contributed by atoms with Crippen LogP contribution in [0.25, 0.3) is 11.0 Å². The fourth-order valence-corrected chi connectivity index (χ4v) is 5.63. The van der Waals surface area contributed by atoms with E-state index in [1.165, 1.54) is 19.2 Å². The minimum atomic E-state index is -0.0216. The van der Waals surface area contributed by atoms with E-state index in [4.69, 9.17) is 9.40 Å². The molecule has 1 unspecified atom stereocenters. The van der Waals surface area contributed by atoms with Crippen molar-refractivity contribution in [3.63, 3.8) is 0 Å². The highest BCUT2D eigenvalue weighted by Gasteiger charge is 2.30. The predicted octanol–water partition coefficient (Wildman–Crippen LogP) is 5.52. The van der Waals surface area contributed by atoms with E-state index >= 15 is 0 Å². The van der Waals surface area contributed by atoms with Crippen LogP contribution in [-0.4, -0.2) is 38.7 Å². The zero-order chi connectivity index (χ0) is 26.8. The largest absolute Gasteiger partial charge is 0.446 e. The Morgan fingerprint density at radius 2 is 1.90 bits per heavy atom. The second-order valence-corrected chi connectivity index (χ2v) is 10.8. The number of anilines is 3. The number of pyridine rings is 1. The Kier molecular flexibility index (Phi) is 7.32. The first kappa shape index (κ1) is 25.6. The predicted molar refractivity (Wildman–Crippen MR) is 154 cm³/mol. The fourth-order valence-electron chi connectivity index (χ4n) is 5.63. The van der Waals surface area contributed by atoms with Crippen LogP contribution >= 0.6 is 0 Å². The zero-order valence-corrected chi connectivity index (χ0v) is 22.7. The second-order valence-electron chi connectivity index (χ2n) is 10.8. The standard InChI is InChI=1S/C30H37N7O2/c1-3-19(4-2)25-14-21-15-32-30(35-23-11-9-22(10-12-23)34-24-6-5-13-31-16-24)36-28(21)37(29(25)38)17-26-27(20-7-8-20)33-18-39-26/h9-12,14-15,18-20,24,31,34H,3-8,13,16-17H2,1-2H3,(H,32,35,36). The lowest BCUT2D eigenvalue weighted by Crippen LogP contribution is -2.38. The summed E-state index contributed by atoms with van der Waals surface area (Å²) in [6.45, 7) is 6.64. The third-order valence-corrected chi connectivity index (χ3v) is 8.03. The van der Waals surface area contributed by atoms with E-state index in [0.29, 0.717) is 30.1 Å². The van der Waals surface area contributed by atoms with Gasteiger partial charge in [0.1, 0.15) is 11.4 Å². The molecule has 4 aromatic rings. The number of nitrogens with zero attached hydrogens (tertiary/aromatic N) is 4. The molecular formula is C30H37N7O2. The third kappa shape index (κ3) is 5.54. The van der Waals surface area contributed by atoms with Crippen LogP contribution in [0.4, 0.5) is 17.3 Å². The number of hydrogen-bond acceptors (Lipinski definition) is 8. The van der Waals surface area contributed by atoms with Gasteiger partial charge in [-0.05, 0) is 81.3 Å². The summed E-state index contributed by atoms with van der Waals surface area (Å²) in [7, 11) is 0. The van der Waals surface area contributed by atoms with Crippen molar-refractivity contribution in [2.75, 3.05) is 23.7 Å². The van der Waals surface area contributed by atoms with Crippen molar-refractivity contribution in [2.45, 2.75) is 76.8 Å². The molecule has 0 radical (unpaired) electrons. The van der Waals surface area contributed by atoms with E-state index in [1.54, 1.807) is 10.8 Å². The van der Waals surface area contributed by atoms with Gasteiger partial charge in [-0.2, -0.15) is 4.98 Å². The van der Waals surface area contributed by atoms with Crippen molar-refractivity contribution < 1.29 is 4.42 Å². The normalized spacial score (nSPS) is 17.6. The van der Waals surface area contributed by atoms with Crippen molar-refractivity contribution in [2.24, 2.45) is 0 Å². The lowest BCUT2D eigenvalue weighted by molar-refractivity contribution is 0.480. The van der Waals surface area contributed by atoms with E-state index < -0.39 is 0 Å². The molecule has 39 heavy (non-hydrogen) atoms. The molecule has 2 aliphatic rings. The van der Waals surface area contributed by atoms with E-state index in [9.17, 15) is 4.79 Å². The molecule has 204 valence electrons. The zero-order valence-electron chi connectivity index (χ0n) is 22.7. The van der Waals surface area contributed by atoms with Gasteiger partial charge in [0.25, 0.3) is 5.56 Å². The molecule has 9 nitrogen and oxygen atoms in total. The molecule has 9 heteroatoms. The van der Waals surface area contributed by atoms with E-state index in [0.717, 1.165) is 72.6 Å². The number of hydrogen-bond donors (Lipinski definition) is 3. The van der Waals surface area contributed by atoms with Crippen LogP contribution in [0.2, 0.25) is 0 Å². The van der Waals surface area contributed by atoms with Crippen molar-refractivity contribution >= 4 is 28.4 Å². The van der Waals surface area contributed by atoms with Crippen LogP contribution in [0.1, 0.15) is 81.2 Å². The van der Waals surface area contributed by atoms with Crippen LogP contribution in [0.5, 0.6) is 0 Å². The maximum atomic E-state index is 13.8. The molecule has 1 atom stereocenters. The van der Waals surface area contributed by atoms with Crippen molar-refractivity contribution in [3.05, 3.63) is 70.3 Å². The Labute approximate surface area is 228 Å². The minimum absolute atomic E-state index is 0.0216. The molecule has 0 spiro atoms. The van der Waals surface area contributed by atoms with E-state index in [-0.39, 0.29) is 11.5 Å². The molecule has 0 bridgehead atoms. The van der Waals surface area contributed by atoms with Gasteiger partial charge in [-0.25, -0.2) is 9.97 Å². The molecule has 6 rings (SSSR count). The van der Waals surface area contributed by atoms with Gasteiger partial charge in [-0.15, -0.1) is 0 Å². The quantitative estimate of drug-likeness (QED) is 0.247. The Balaban J connectivity index is 1.31. The summed E-state index contributed by atoms with van der Waals surface area (Å²) in [6, 6.07) is 10.6. The number of nitrogens with one attached hydrogen (secondary N) is 3. The van der Waals surface area contributed by atoms with Gasteiger partial charge in [-0.1, -0.05) is 13.8 Å². The third-order valence-electron chi connectivity index (χ3n) is 8.03. The summed E-state index contributed by atoms with van der Waals surface area (Å²) >= 11 is 0. The molecular weight excluding hydrogens is 490 g/mol. The summed E-state index contributed by atoms with van der Waals surface area (Å²) in [6.07, 6.45) is 9.70. The average molecular weight is 528 g/mol. The van der Waals surface area contributed by atoms with E-state index in [2.05, 4.69) is 51.9 Å². The molecule has 1 saturated heterocycles. The smallest absolute Gasteiger partial charge is 0.256 e.